The monoisotopic (exact) mass is 473 g/mol. The van der Waals surface area contributed by atoms with Gasteiger partial charge in [-0.15, -0.1) is 0 Å². The number of hydrogen-bond acceptors (Lipinski definition) is 5. The Morgan fingerprint density at radius 3 is 2.34 bits per heavy atom. The number of benzene rings is 3. The number of carbonyl (C=O) groups is 2. The third-order valence-electron chi connectivity index (χ3n) is 5.61. The van der Waals surface area contributed by atoms with E-state index in [0.29, 0.717) is 35.1 Å². The third-order valence-corrected chi connectivity index (χ3v) is 5.61. The number of allylic oxidation sites excluding steroid dienone is 1. The van der Waals surface area contributed by atoms with Crippen LogP contribution < -0.4 is 14.4 Å². The zero-order valence-electron chi connectivity index (χ0n) is 19.6. The van der Waals surface area contributed by atoms with Gasteiger partial charge in [-0.25, -0.2) is 9.18 Å². The van der Waals surface area contributed by atoms with Crippen LogP contribution in [0.5, 0.6) is 11.5 Å². The number of methoxy groups -OCH3 is 2. The van der Waals surface area contributed by atoms with E-state index in [0.717, 1.165) is 5.56 Å². The van der Waals surface area contributed by atoms with Crippen molar-refractivity contribution in [2.45, 2.75) is 13.5 Å². The molecular formula is C28H24FNO5. The molecule has 3 aromatic carbocycles. The van der Waals surface area contributed by atoms with Gasteiger partial charge in [-0.2, -0.15) is 0 Å². The number of amides is 1. The first-order valence-corrected chi connectivity index (χ1v) is 10.9. The van der Waals surface area contributed by atoms with Gasteiger partial charge in [0.05, 0.1) is 25.4 Å². The molecule has 7 heteroatoms. The highest BCUT2D eigenvalue weighted by atomic mass is 19.1. The number of carbonyl (C=O) groups excluding carboxylic acids is 2. The molecule has 0 atom stereocenters. The number of ether oxygens (including phenoxy) is 3. The second-order valence-corrected chi connectivity index (χ2v) is 7.81. The van der Waals surface area contributed by atoms with Crippen LogP contribution in [-0.2, 0) is 20.9 Å². The lowest BCUT2D eigenvalue weighted by molar-refractivity contribution is -0.136. The standard InChI is InChI=1S/C28H24FNO5/c1-18-26(28(32)34-3)23(27(31)30(18)22-12-10-21(29)11-13-22)15-20-9-14-24(25(16-20)33-2)35-17-19-7-5-4-6-8-19/h4-16H,17H2,1-3H3/b23-15-. The summed E-state index contributed by atoms with van der Waals surface area (Å²) in [5.41, 5.74) is 2.80. The van der Waals surface area contributed by atoms with Crippen molar-refractivity contribution in [3.63, 3.8) is 0 Å². The van der Waals surface area contributed by atoms with Crippen molar-refractivity contribution < 1.29 is 28.2 Å². The molecule has 0 saturated heterocycles. The Bertz CT molecular complexity index is 1310. The molecule has 0 fully saturated rings. The number of anilines is 1. The minimum absolute atomic E-state index is 0.144. The molecule has 35 heavy (non-hydrogen) atoms. The Balaban J connectivity index is 1.68. The average molecular weight is 474 g/mol. The largest absolute Gasteiger partial charge is 0.493 e. The molecule has 4 rings (SSSR count). The van der Waals surface area contributed by atoms with Crippen LogP contribution in [0.15, 0.2) is 89.6 Å². The quantitative estimate of drug-likeness (QED) is 0.345. The Kier molecular flexibility index (Phi) is 6.96. The van der Waals surface area contributed by atoms with Gasteiger partial charge in [0.2, 0.25) is 0 Å². The van der Waals surface area contributed by atoms with E-state index < -0.39 is 17.7 Å². The maximum Gasteiger partial charge on any atom is 0.340 e. The van der Waals surface area contributed by atoms with Gasteiger partial charge in [0.15, 0.2) is 11.5 Å². The van der Waals surface area contributed by atoms with E-state index >= 15 is 0 Å². The van der Waals surface area contributed by atoms with E-state index in [9.17, 15) is 14.0 Å². The predicted octanol–water partition coefficient (Wildman–Crippen LogP) is 5.29. The summed E-state index contributed by atoms with van der Waals surface area (Å²) in [6, 6.07) is 20.5. The molecule has 0 spiro atoms. The molecule has 0 saturated carbocycles. The van der Waals surface area contributed by atoms with Crippen LogP contribution in [-0.4, -0.2) is 26.1 Å². The van der Waals surface area contributed by atoms with E-state index in [4.69, 9.17) is 14.2 Å². The lowest BCUT2D eigenvalue weighted by atomic mass is 10.0. The fraction of sp³-hybridized carbons (Fsp3) is 0.143. The number of esters is 1. The van der Waals surface area contributed by atoms with E-state index in [1.165, 1.54) is 43.4 Å². The Morgan fingerprint density at radius 2 is 1.69 bits per heavy atom. The number of hydrogen-bond donors (Lipinski definition) is 0. The highest BCUT2D eigenvalue weighted by molar-refractivity contribution is 6.23. The Labute approximate surface area is 202 Å². The maximum absolute atomic E-state index is 13.4. The molecule has 178 valence electrons. The van der Waals surface area contributed by atoms with E-state index in [2.05, 4.69) is 0 Å². The second kappa shape index (κ2) is 10.3. The van der Waals surface area contributed by atoms with E-state index in [1.54, 1.807) is 31.2 Å². The van der Waals surface area contributed by atoms with Crippen molar-refractivity contribution in [2.75, 3.05) is 19.1 Å². The molecule has 6 nitrogen and oxygen atoms in total. The molecule has 3 aromatic rings. The minimum Gasteiger partial charge on any atom is -0.493 e. The molecular weight excluding hydrogens is 449 g/mol. The number of nitrogens with zero attached hydrogens (tertiary/aromatic N) is 1. The third kappa shape index (κ3) is 4.94. The minimum atomic E-state index is -0.638. The summed E-state index contributed by atoms with van der Waals surface area (Å²) in [5.74, 6) is -0.451. The summed E-state index contributed by atoms with van der Waals surface area (Å²) in [7, 11) is 2.79. The van der Waals surface area contributed by atoms with Gasteiger partial charge in [-0.1, -0.05) is 36.4 Å². The van der Waals surface area contributed by atoms with Crippen LogP contribution in [0.1, 0.15) is 18.1 Å². The van der Waals surface area contributed by atoms with Gasteiger partial charge in [0.25, 0.3) is 5.91 Å². The highest BCUT2D eigenvalue weighted by Gasteiger charge is 2.37. The van der Waals surface area contributed by atoms with Crippen molar-refractivity contribution >= 4 is 23.6 Å². The number of rotatable bonds is 7. The van der Waals surface area contributed by atoms with Crippen LogP contribution >= 0.6 is 0 Å². The SMILES string of the molecule is COC(=O)C1=C(C)N(c2ccc(F)cc2)C(=O)/C1=C\c1ccc(OCc2ccccc2)c(OC)c1. The lowest BCUT2D eigenvalue weighted by Gasteiger charge is -2.17. The van der Waals surface area contributed by atoms with Crippen molar-refractivity contribution in [3.05, 3.63) is 107 Å². The fourth-order valence-corrected chi connectivity index (χ4v) is 3.88. The van der Waals surface area contributed by atoms with E-state index in [1.807, 2.05) is 30.3 Å². The molecule has 1 heterocycles. The summed E-state index contributed by atoms with van der Waals surface area (Å²) in [6.45, 7) is 2.02. The zero-order chi connectivity index (χ0) is 24.9. The normalized spacial score (nSPS) is 14.5. The molecule has 1 amide bonds. The first-order chi connectivity index (χ1) is 16.9. The molecule has 0 aliphatic carbocycles. The topological polar surface area (TPSA) is 65.1 Å². The van der Waals surface area contributed by atoms with Gasteiger partial charge >= 0.3 is 5.97 Å². The molecule has 0 unspecified atom stereocenters. The summed E-state index contributed by atoms with van der Waals surface area (Å²) in [6.07, 6.45) is 1.60. The molecule has 1 aliphatic heterocycles. The maximum atomic E-state index is 13.4. The second-order valence-electron chi connectivity index (χ2n) is 7.81. The van der Waals surface area contributed by atoms with Crippen LogP contribution in [0.3, 0.4) is 0 Å². The van der Waals surface area contributed by atoms with E-state index in [-0.39, 0.29) is 11.1 Å². The van der Waals surface area contributed by atoms with Gasteiger partial charge in [0, 0.05) is 11.4 Å². The summed E-state index contributed by atoms with van der Waals surface area (Å²) >= 11 is 0. The summed E-state index contributed by atoms with van der Waals surface area (Å²) in [5, 5.41) is 0. The first kappa shape index (κ1) is 23.8. The smallest absolute Gasteiger partial charge is 0.340 e. The first-order valence-electron chi connectivity index (χ1n) is 10.9. The predicted molar refractivity (Wildman–Crippen MR) is 130 cm³/mol. The van der Waals surface area contributed by atoms with Crippen molar-refractivity contribution in [1.29, 1.82) is 0 Å². The molecule has 0 bridgehead atoms. The zero-order valence-corrected chi connectivity index (χ0v) is 19.6. The summed E-state index contributed by atoms with van der Waals surface area (Å²) < 4.78 is 29.8. The van der Waals surface area contributed by atoms with Gasteiger partial charge < -0.3 is 14.2 Å². The Hall–Kier alpha value is -4.39. The van der Waals surface area contributed by atoms with Crippen LogP contribution in [0.25, 0.3) is 6.08 Å². The van der Waals surface area contributed by atoms with Crippen LogP contribution in [0.2, 0.25) is 0 Å². The molecule has 1 aliphatic rings. The van der Waals surface area contributed by atoms with Gasteiger partial charge in [0.1, 0.15) is 12.4 Å². The Morgan fingerprint density at radius 1 is 0.971 bits per heavy atom. The summed E-state index contributed by atoms with van der Waals surface area (Å²) in [4.78, 5) is 27.3. The van der Waals surface area contributed by atoms with Crippen molar-refractivity contribution in [2.24, 2.45) is 0 Å². The van der Waals surface area contributed by atoms with Gasteiger partial charge in [-0.05, 0) is 60.5 Å². The van der Waals surface area contributed by atoms with Gasteiger partial charge in [-0.3, -0.25) is 9.69 Å². The fourth-order valence-electron chi connectivity index (χ4n) is 3.88. The highest BCUT2D eigenvalue weighted by Crippen LogP contribution is 2.36. The molecule has 0 aromatic heterocycles. The van der Waals surface area contributed by atoms with Crippen LogP contribution in [0.4, 0.5) is 10.1 Å². The molecule has 0 N–H and O–H groups in total. The lowest BCUT2D eigenvalue weighted by Crippen LogP contribution is -2.24. The van der Waals surface area contributed by atoms with Crippen molar-refractivity contribution in [1.82, 2.24) is 0 Å². The average Bonchev–Trinajstić information content (AvgIpc) is 3.12. The number of halogens is 1. The van der Waals surface area contributed by atoms with Crippen molar-refractivity contribution in [3.8, 4) is 11.5 Å². The van der Waals surface area contributed by atoms with Crippen LogP contribution in [0, 0.1) is 5.82 Å². The molecule has 0 radical (unpaired) electrons.